The van der Waals surface area contributed by atoms with Crippen LogP contribution < -0.4 is 5.32 Å². The smallest absolute Gasteiger partial charge is 0.241 e. The summed E-state index contributed by atoms with van der Waals surface area (Å²) in [6.07, 6.45) is 11.1. The summed E-state index contributed by atoms with van der Waals surface area (Å²) in [5.74, 6) is 1.24. The summed E-state index contributed by atoms with van der Waals surface area (Å²) < 4.78 is 8.81. The maximum atomic E-state index is 5.11. The van der Waals surface area contributed by atoms with Crippen molar-refractivity contribution in [3.8, 4) is 11.1 Å². The summed E-state index contributed by atoms with van der Waals surface area (Å²) in [6, 6.07) is 2.14. The highest BCUT2D eigenvalue weighted by Crippen LogP contribution is 2.24. The van der Waals surface area contributed by atoms with Crippen molar-refractivity contribution in [2.45, 2.75) is 13.0 Å². The Labute approximate surface area is 138 Å². The fourth-order valence-corrected chi connectivity index (χ4v) is 2.68. The van der Waals surface area contributed by atoms with Gasteiger partial charge in [-0.05, 0) is 13.0 Å². The first-order valence-corrected chi connectivity index (χ1v) is 7.63. The number of nitrogens with one attached hydrogen (secondary N) is 1. The molecule has 0 amide bonds. The second kappa shape index (κ2) is 5.89. The number of imidazole rings is 1. The number of fused-ring (bicyclic) bond motifs is 2. The van der Waals surface area contributed by atoms with Crippen LogP contribution in [0.1, 0.15) is 6.92 Å². The van der Waals surface area contributed by atoms with E-state index in [0.717, 1.165) is 16.6 Å². The van der Waals surface area contributed by atoms with Crippen molar-refractivity contribution in [1.29, 1.82) is 0 Å². The van der Waals surface area contributed by atoms with Gasteiger partial charge in [-0.25, -0.2) is 19.5 Å². The number of rotatable bonds is 5. The average molecular weight is 323 g/mol. The summed E-state index contributed by atoms with van der Waals surface area (Å²) in [5.41, 5.74) is 2.93. The Kier molecular flexibility index (Phi) is 3.58. The number of hydrogen-bond donors (Lipinski definition) is 1. The molecule has 0 fully saturated rings. The highest BCUT2D eigenvalue weighted by molar-refractivity contribution is 5.79. The minimum absolute atomic E-state index is 0.135. The molecule has 122 valence electrons. The molecule has 1 N–H and O–H groups in total. The summed E-state index contributed by atoms with van der Waals surface area (Å²) in [4.78, 5) is 12.9. The molecular weight excluding hydrogens is 306 g/mol. The van der Waals surface area contributed by atoms with Crippen LogP contribution in [-0.2, 0) is 4.74 Å². The Hall–Kier alpha value is -3.00. The molecule has 0 saturated carbocycles. The summed E-state index contributed by atoms with van der Waals surface area (Å²) in [5, 5.41) is 7.71. The lowest BCUT2D eigenvalue weighted by Gasteiger charge is -2.12. The topological polar surface area (TPSA) is 81.6 Å². The van der Waals surface area contributed by atoms with E-state index in [1.54, 1.807) is 13.3 Å². The van der Waals surface area contributed by atoms with Crippen molar-refractivity contribution in [3.05, 3.63) is 43.2 Å². The van der Waals surface area contributed by atoms with Crippen LogP contribution in [0.4, 0.5) is 5.95 Å². The van der Waals surface area contributed by atoms with Crippen molar-refractivity contribution in [1.82, 2.24) is 29.0 Å². The van der Waals surface area contributed by atoms with Crippen LogP contribution in [0, 0.1) is 0 Å². The summed E-state index contributed by atoms with van der Waals surface area (Å²) >= 11 is 0. The lowest BCUT2D eigenvalue weighted by atomic mass is 10.1. The minimum Gasteiger partial charge on any atom is -0.383 e. The van der Waals surface area contributed by atoms with Gasteiger partial charge in [0.05, 0.1) is 18.3 Å². The summed E-state index contributed by atoms with van der Waals surface area (Å²) in [7, 11) is 1.67. The predicted molar refractivity (Wildman–Crippen MR) is 89.9 cm³/mol. The third-order valence-corrected chi connectivity index (χ3v) is 3.77. The number of aromatic nitrogens is 6. The van der Waals surface area contributed by atoms with E-state index in [2.05, 4.69) is 25.4 Å². The lowest BCUT2D eigenvalue weighted by molar-refractivity contribution is 0.190. The largest absolute Gasteiger partial charge is 0.383 e. The molecule has 4 aromatic heterocycles. The van der Waals surface area contributed by atoms with Gasteiger partial charge in [-0.1, -0.05) is 0 Å². The molecular formula is C16H17N7O. The van der Waals surface area contributed by atoms with E-state index in [9.17, 15) is 0 Å². The molecule has 1 atom stereocenters. The first-order valence-electron chi connectivity index (χ1n) is 7.63. The summed E-state index contributed by atoms with van der Waals surface area (Å²) in [6.45, 7) is 2.61. The van der Waals surface area contributed by atoms with Crippen molar-refractivity contribution in [2.75, 3.05) is 19.0 Å². The highest BCUT2D eigenvalue weighted by atomic mass is 16.5. The fraction of sp³-hybridized carbons (Fsp3) is 0.250. The van der Waals surface area contributed by atoms with Crippen LogP contribution in [0.25, 0.3) is 22.4 Å². The number of hydrogen-bond acceptors (Lipinski definition) is 6. The van der Waals surface area contributed by atoms with Crippen molar-refractivity contribution >= 4 is 17.2 Å². The molecule has 0 saturated heterocycles. The average Bonchev–Trinajstić information content (AvgIpc) is 3.20. The number of ether oxygens (including phenoxy) is 1. The fourth-order valence-electron chi connectivity index (χ4n) is 2.68. The molecule has 0 bridgehead atoms. The van der Waals surface area contributed by atoms with E-state index in [1.165, 1.54) is 0 Å². The van der Waals surface area contributed by atoms with Gasteiger partial charge in [0.15, 0.2) is 0 Å². The van der Waals surface area contributed by atoms with E-state index in [4.69, 9.17) is 4.74 Å². The van der Waals surface area contributed by atoms with E-state index < -0.39 is 0 Å². The third kappa shape index (κ3) is 2.56. The van der Waals surface area contributed by atoms with Crippen LogP contribution in [0.3, 0.4) is 0 Å². The van der Waals surface area contributed by atoms with Crippen molar-refractivity contribution in [2.24, 2.45) is 0 Å². The molecule has 0 aliphatic carbocycles. The van der Waals surface area contributed by atoms with Crippen LogP contribution in [0.15, 0.2) is 43.2 Å². The quantitative estimate of drug-likeness (QED) is 0.604. The second-order valence-corrected chi connectivity index (χ2v) is 5.62. The number of anilines is 1. The molecule has 0 spiro atoms. The highest BCUT2D eigenvalue weighted by Gasteiger charge is 2.10. The van der Waals surface area contributed by atoms with Gasteiger partial charge in [0.2, 0.25) is 11.7 Å². The Balaban J connectivity index is 1.69. The van der Waals surface area contributed by atoms with Gasteiger partial charge in [-0.3, -0.25) is 4.40 Å². The van der Waals surface area contributed by atoms with Gasteiger partial charge < -0.3 is 10.1 Å². The van der Waals surface area contributed by atoms with Crippen LogP contribution in [-0.4, -0.2) is 48.7 Å². The molecule has 8 nitrogen and oxygen atoms in total. The lowest BCUT2D eigenvalue weighted by Crippen LogP contribution is -2.22. The van der Waals surface area contributed by atoms with Crippen molar-refractivity contribution < 1.29 is 4.74 Å². The predicted octanol–water partition coefficient (Wildman–Crippen LogP) is 1.89. The van der Waals surface area contributed by atoms with Gasteiger partial charge in [0.1, 0.15) is 0 Å². The minimum atomic E-state index is 0.135. The first kappa shape index (κ1) is 14.6. The monoisotopic (exact) mass is 323 g/mol. The van der Waals surface area contributed by atoms with Crippen LogP contribution in [0.2, 0.25) is 0 Å². The molecule has 4 rings (SSSR count). The SMILES string of the molecule is COC[C@@H](C)Nc1ncc2c(-c3cnc4nccn4c3)ccn2n1. The van der Waals surface area contributed by atoms with Crippen molar-refractivity contribution in [3.63, 3.8) is 0 Å². The van der Waals surface area contributed by atoms with E-state index in [0.29, 0.717) is 18.3 Å². The van der Waals surface area contributed by atoms with E-state index >= 15 is 0 Å². The molecule has 0 aliphatic rings. The van der Waals surface area contributed by atoms with Crippen LogP contribution >= 0.6 is 0 Å². The number of nitrogens with zero attached hydrogens (tertiary/aromatic N) is 6. The van der Waals surface area contributed by atoms with E-state index in [-0.39, 0.29) is 6.04 Å². The molecule has 0 unspecified atom stereocenters. The van der Waals surface area contributed by atoms with Gasteiger partial charge >= 0.3 is 0 Å². The first-order chi connectivity index (χ1) is 11.7. The molecule has 24 heavy (non-hydrogen) atoms. The molecule has 0 radical (unpaired) electrons. The zero-order valence-corrected chi connectivity index (χ0v) is 13.4. The van der Waals surface area contributed by atoms with Gasteiger partial charge in [0, 0.05) is 55.3 Å². The normalized spacial score (nSPS) is 12.8. The van der Waals surface area contributed by atoms with Gasteiger partial charge in [-0.2, -0.15) is 0 Å². The molecule has 4 aromatic rings. The Morgan fingerprint density at radius 3 is 3.00 bits per heavy atom. The molecule has 4 heterocycles. The Bertz CT molecular complexity index is 990. The zero-order chi connectivity index (χ0) is 16.5. The van der Waals surface area contributed by atoms with Gasteiger partial charge in [0.25, 0.3) is 0 Å². The molecule has 0 aliphatic heterocycles. The molecule has 0 aromatic carbocycles. The Morgan fingerprint density at radius 2 is 2.12 bits per heavy atom. The zero-order valence-electron chi connectivity index (χ0n) is 13.4. The maximum absolute atomic E-state index is 5.11. The molecule has 8 heteroatoms. The second-order valence-electron chi connectivity index (χ2n) is 5.62. The van der Waals surface area contributed by atoms with Gasteiger partial charge in [-0.15, -0.1) is 5.10 Å². The standard InChI is InChI=1S/C16H17N7O/c1-11(10-24-2)20-15-18-8-14-13(3-5-23(14)21-15)12-7-19-16-17-4-6-22(16)9-12/h3-9,11H,10H2,1-2H3,(H,20,21)/t11-/m1/s1. The van der Waals surface area contributed by atoms with Crippen LogP contribution in [0.5, 0.6) is 0 Å². The maximum Gasteiger partial charge on any atom is 0.241 e. The Morgan fingerprint density at radius 1 is 1.21 bits per heavy atom. The number of methoxy groups -OCH3 is 1. The van der Waals surface area contributed by atoms with E-state index in [1.807, 2.05) is 52.9 Å². The third-order valence-electron chi connectivity index (χ3n) is 3.77.